The van der Waals surface area contributed by atoms with Gasteiger partial charge in [-0.3, -0.25) is 9.59 Å². The molecule has 3 rings (SSSR count). The summed E-state index contributed by atoms with van der Waals surface area (Å²) in [4.78, 5) is 26.6. The van der Waals surface area contributed by atoms with Gasteiger partial charge in [0.1, 0.15) is 5.82 Å². The number of hydrogen-bond donors (Lipinski definition) is 1. The lowest BCUT2D eigenvalue weighted by Gasteiger charge is -2.32. The summed E-state index contributed by atoms with van der Waals surface area (Å²) in [5, 5.41) is 3.12. The SMILES string of the molecule is O=C(NCC1CCCCC1)C1CCN(C(=O)c2ccc(F)cc2)CC1. The summed E-state index contributed by atoms with van der Waals surface area (Å²) in [6, 6.07) is 5.64. The number of halogens is 1. The first kappa shape index (κ1) is 17.9. The molecule has 1 saturated carbocycles. The normalized spacial score (nSPS) is 19.6. The van der Waals surface area contributed by atoms with Crippen LogP contribution >= 0.6 is 0 Å². The van der Waals surface area contributed by atoms with E-state index in [1.165, 1.54) is 56.4 Å². The maximum atomic E-state index is 13.0. The van der Waals surface area contributed by atoms with Gasteiger partial charge in [-0.15, -0.1) is 0 Å². The Kier molecular flexibility index (Phi) is 6.05. The molecule has 1 aliphatic heterocycles. The van der Waals surface area contributed by atoms with Gasteiger partial charge in [-0.1, -0.05) is 19.3 Å². The monoisotopic (exact) mass is 346 g/mol. The number of likely N-dealkylation sites (tertiary alicyclic amines) is 1. The van der Waals surface area contributed by atoms with Crippen molar-refractivity contribution in [3.05, 3.63) is 35.6 Å². The quantitative estimate of drug-likeness (QED) is 0.909. The zero-order valence-electron chi connectivity index (χ0n) is 14.7. The van der Waals surface area contributed by atoms with Crippen molar-refractivity contribution in [3.8, 4) is 0 Å². The van der Waals surface area contributed by atoms with Crippen molar-refractivity contribution in [3.63, 3.8) is 0 Å². The molecular weight excluding hydrogens is 319 g/mol. The molecule has 5 heteroatoms. The minimum atomic E-state index is -0.343. The smallest absolute Gasteiger partial charge is 0.253 e. The maximum absolute atomic E-state index is 13.0. The Morgan fingerprint density at radius 1 is 1.00 bits per heavy atom. The largest absolute Gasteiger partial charge is 0.356 e. The van der Waals surface area contributed by atoms with Crippen LogP contribution in [0, 0.1) is 17.7 Å². The molecule has 1 saturated heterocycles. The lowest BCUT2D eigenvalue weighted by molar-refractivity contribution is -0.126. The first-order valence-corrected chi connectivity index (χ1v) is 9.46. The van der Waals surface area contributed by atoms with Crippen LogP contribution in [0.5, 0.6) is 0 Å². The summed E-state index contributed by atoms with van der Waals surface area (Å²) in [5.74, 6) is 0.351. The number of piperidine rings is 1. The molecule has 25 heavy (non-hydrogen) atoms. The number of carbonyl (C=O) groups excluding carboxylic acids is 2. The molecule has 0 spiro atoms. The van der Waals surface area contributed by atoms with Gasteiger partial charge in [0, 0.05) is 31.1 Å². The summed E-state index contributed by atoms with van der Waals surface area (Å²) in [5.41, 5.74) is 0.501. The zero-order valence-corrected chi connectivity index (χ0v) is 14.7. The van der Waals surface area contributed by atoms with Gasteiger partial charge < -0.3 is 10.2 Å². The molecule has 1 aromatic rings. The van der Waals surface area contributed by atoms with Crippen molar-refractivity contribution in [2.45, 2.75) is 44.9 Å². The molecule has 4 nitrogen and oxygen atoms in total. The molecule has 1 aliphatic carbocycles. The third-order valence-corrected chi connectivity index (χ3v) is 5.53. The van der Waals surface area contributed by atoms with Crippen molar-refractivity contribution in [2.24, 2.45) is 11.8 Å². The van der Waals surface area contributed by atoms with E-state index in [1.807, 2.05) is 0 Å². The Morgan fingerprint density at radius 2 is 1.64 bits per heavy atom. The van der Waals surface area contributed by atoms with E-state index in [9.17, 15) is 14.0 Å². The number of nitrogens with zero attached hydrogens (tertiary/aromatic N) is 1. The highest BCUT2D eigenvalue weighted by Crippen LogP contribution is 2.24. The Morgan fingerprint density at radius 3 is 2.28 bits per heavy atom. The molecule has 2 fully saturated rings. The van der Waals surface area contributed by atoms with Gasteiger partial charge in [0.25, 0.3) is 5.91 Å². The van der Waals surface area contributed by atoms with Crippen molar-refractivity contribution in [1.29, 1.82) is 0 Å². The van der Waals surface area contributed by atoms with Gasteiger partial charge in [0.15, 0.2) is 0 Å². The first-order valence-electron chi connectivity index (χ1n) is 9.46. The van der Waals surface area contributed by atoms with E-state index >= 15 is 0 Å². The Hall–Kier alpha value is -1.91. The predicted molar refractivity (Wildman–Crippen MR) is 94.6 cm³/mol. The highest BCUT2D eigenvalue weighted by atomic mass is 19.1. The third-order valence-electron chi connectivity index (χ3n) is 5.53. The predicted octanol–water partition coefficient (Wildman–Crippen LogP) is 3.37. The average Bonchev–Trinajstić information content (AvgIpc) is 2.67. The van der Waals surface area contributed by atoms with E-state index in [2.05, 4.69) is 5.32 Å². The maximum Gasteiger partial charge on any atom is 0.253 e. The number of amides is 2. The van der Waals surface area contributed by atoms with Crippen molar-refractivity contribution >= 4 is 11.8 Å². The van der Waals surface area contributed by atoms with E-state index < -0.39 is 0 Å². The topological polar surface area (TPSA) is 49.4 Å². The van der Waals surface area contributed by atoms with Crippen LogP contribution < -0.4 is 5.32 Å². The molecule has 0 radical (unpaired) electrons. The van der Waals surface area contributed by atoms with Gasteiger partial charge in [-0.25, -0.2) is 4.39 Å². The summed E-state index contributed by atoms with van der Waals surface area (Å²) >= 11 is 0. The van der Waals surface area contributed by atoms with E-state index in [-0.39, 0.29) is 23.5 Å². The highest BCUT2D eigenvalue weighted by Gasteiger charge is 2.28. The standard InChI is InChI=1S/C20H27FN2O2/c21-18-8-6-17(7-9-18)20(25)23-12-10-16(11-13-23)19(24)22-14-15-4-2-1-3-5-15/h6-9,15-16H,1-5,10-14H2,(H,22,24). The molecule has 0 bridgehead atoms. The van der Waals surface area contributed by atoms with Crippen LogP contribution in [-0.4, -0.2) is 36.3 Å². The minimum Gasteiger partial charge on any atom is -0.356 e. The Labute approximate surface area is 148 Å². The van der Waals surface area contributed by atoms with Crippen LogP contribution in [0.2, 0.25) is 0 Å². The Balaban J connectivity index is 1.43. The molecule has 2 amide bonds. The van der Waals surface area contributed by atoms with Gasteiger partial charge in [-0.2, -0.15) is 0 Å². The summed E-state index contributed by atoms with van der Waals surface area (Å²) in [7, 11) is 0. The van der Waals surface area contributed by atoms with Crippen molar-refractivity contribution in [2.75, 3.05) is 19.6 Å². The first-order chi connectivity index (χ1) is 12.1. The van der Waals surface area contributed by atoms with E-state index in [0.29, 0.717) is 37.4 Å². The molecule has 1 N–H and O–H groups in total. The number of rotatable bonds is 4. The molecule has 1 heterocycles. The minimum absolute atomic E-state index is 0.000795. The lowest BCUT2D eigenvalue weighted by atomic mass is 9.89. The fraction of sp³-hybridized carbons (Fsp3) is 0.600. The number of benzene rings is 1. The molecule has 0 atom stereocenters. The third kappa shape index (κ3) is 4.80. The van der Waals surface area contributed by atoms with Crippen LogP contribution in [0.3, 0.4) is 0 Å². The molecule has 0 unspecified atom stereocenters. The van der Waals surface area contributed by atoms with Crippen LogP contribution in [-0.2, 0) is 4.79 Å². The van der Waals surface area contributed by atoms with Crippen LogP contribution in [0.4, 0.5) is 4.39 Å². The van der Waals surface area contributed by atoms with Crippen LogP contribution in [0.1, 0.15) is 55.3 Å². The molecule has 1 aromatic carbocycles. The second-order valence-corrected chi connectivity index (χ2v) is 7.32. The molecule has 136 valence electrons. The lowest BCUT2D eigenvalue weighted by Crippen LogP contribution is -2.43. The number of carbonyl (C=O) groups is 2. The summed E-state index contributed by atoms with van der Waals surface area (Å²) < 4.78 is 13.0. The second-order valence-electron chi connectivity index (χ2n) is 7.32. The average molecular weight is 346 g/mol. The van der Waals surface area contributed by atoms with Gasteiger partial charge in [0.05, 0.1) is 0 Å². The van der Waals surface area contributed by atoms with Gasteiger partial charge in [-0.05, 0) is 55.9 Å². The van der Waals surface area contributed by atoms with Gasteiger partial charge in [0.2, 0.25) is 5.91 Å². The van der Waals surface area contributed by atoms with Crippen LogP contribution in [0.15, 0.2) is 24.3 Å². The number of nitrogens with one attached hydrogen (secondary N) is 1. The van der Waals surface area contributed by atoms with E-state index in [4.69, 9.17) is 0 Å². The molecule has 2 aliphatic rings. The fourth-order valence-corrected chi connectivity index (χ4v) is 3.90. The van der Waals surface area contributed by atoms with Gasteiger partial charge >= 0.3 is 0 Å². The fourth-order valence-electron chi connectivity index (χ4n) is 3.90. The second kappa shape index (κ2) is 8.45. The van der Waals surface area contributed by atoms with E-state index in [0.717, 1.165) is 6.54 Å². The molecular formula is C20H27FN2O2. The zero-order chi connectivity index (χ0) is 17.6. The summed E-state index contributed by atoms with van der Waals surface area (Å²) in [6.07, 6.45) is 7.74. The number of hydrogen-bond acceptors (Lipinski definition) is 2. The van der Waals surface area contributed by atoms with Crippen molar-refractivity contribution in [1.82, 2.24) is 10.2 Å². The molecule has 0 aromatic heterocycles. The highest BCUT2D eigenvalue weighted by molar-refractivity contribution is 5.94. The Bertz CT molecular complexity index is 588. The summed E-state index contributed by atoms with van der Waals surface area (Å²) in [6.45, 7) is 1.96. The van der Waals surface area contributed by atoms with Crippen molar-refractivity contribution < 1.29 is 14.0 Å². The van der Waals surface area contributed by atoms with Crippen LogP contribution in [0.25, 0.3) is 0 Å². The van der Waals surface area contributed by atoms with E-state index in [1.54, 1.807) is 4.90 Å².